The van der Waals surface area contributed by atoms with E-state index >= 15 is 0 Å². The summed E-state index contributed by atoms with van der Waals surface area (Å²) in [6.45, 7) is 11.5. The van der Waals surface area contributed by atoms with E-state index in [-0.39, 0.29) is 30.7 Å². The Balaban J connectivity index is 4.46. The number of ether oxygens (including phenoxy) is 2. The van der Waals surface area contributed by atoms with Crippen molar-refractivity contribution in [1.82, 2.24) is 0 Å². The van der Waals surface area contributed by atoms with E-state index in [1.807, 2.05) is 19.9 Å². The highest BCUT2D eigenvalue weighted by atomic mass is 32.1. The predicted octanol–water partition coefficient (Wildman–Crippen LogP) is 4.07. The van der Waals surface area contributed by atoms with Crippen LogP contribution in [0.1, 0.15) is 26.7 Å². The van der Waals surface area contributed by atoms with Crippen LogP contribution < -0.4 is 0 Å². The molecule has 0 aliphatic carbocycles. The van der Waals surface area contributed by atoms with E-state index in [0.717, 1.165) is 18.4 Å². The van der Waals surface area contributed by atoms with Crippen LogP contribution in [0.15, 0.2) is 49.1 Å². The maximum atomic E-state index is 11.6. The minimum absolute atomic E-state index is 0.0253. The van der Waals surface area contributed by atoms with E-state index < -0.39 is 0 Å². The molecule has 0 aliphatic heterocycles. The molecular weight excluding hydrogens is 312 g/mol. The van der Waals surface area contributed by atoms with Crippen LogP contribution in [-0.2, 0) is 18.5 Å². The van der Waals surface area contributed by atoms with Gasteiger partial charge in [0.15, 0.2) is 0 Å². The zero-order valence-corrected chi connectivity index (χ0v) is 15.1. The van der Waals surface area contributed by atoms with Gasteiger partial charge in [-0.3, -0.25) is 0 Å². The number of esters is 1. The Kier molecular flexibility index (Phi) is 12.4. The smallest absolute Gasteiger partial charge is 0.330 e. The van der Waals surface area contributed by atoms with E-state index in [1.54, 1.807) is 25.3 Å². The molecule has 130 valence electrons. The number of carbonyl (C=O) groups excluding carboxylic acids is 1. The van der Waals surface area contributed by atoms with Crippen LogP contribution in [0.4, 0.5) is 0 Å². The number of rotatable bonds is 12. The van der Waals surface area contributed by atoms with Gasteiger partial charge in [0.05, 0.1) is 0 Å². The maximum Gasteiger partial charge on any atom is 0.330 e. The Hall–Kier alpha value is -1.30. The van der Waals surface area contributed by atoms with Gasteiger partial charge in [-0.1, -0.05) is 31.2 Å². The van der Waals surface area contributed by atoms with Crippen molar-refractivity contribution in [2.24, 2.45) is 5.92 Å². The average Bonchev–Trinajstić information content (AvgIpc) is 2.54. The molecule has 1 unspecified atom stereocenters. The fraction of sp³-hybridized carbons (Fsp3) is 0.500. The number of allylic oxidation sites excluding steroid dienone is 2. The minimum atomic E-state index is -0.350. The molecule has 4 nitrogen and oxygen atoms in total. The molecule has 0 fully saturated rings. The molecule has 5 heteroatoms. The fourth-order valence-corrected chi connectivity index (χ4v) is 2.35. The van der Waals surface area contributed by atoms with Gasteiger partial charge in [-0.05, 0) is 38.2 Å². The topological polar surface area (TPSA) is 44.8 Å². The van der Waals surface area contributed by atoms with Crippen molar-refractivity contribution in [2.75, 3.05) is 13.7 Å². The molecule has 0 radical (unpaired) electrons. The predicted molar refractivity (Wildman–Crippen MR) is 97.3 cm³/mol. The molecule has 3 atom stereocenters. The molecule has 0 N–H and O–H groups in total. The second kappa shape index (κ2) is 13.2. The third-order valence-corrected chi connectivity index (χ3v) is 3.49. The van der Waals surface area contributed by atoms with Gasteiger partial charge in [0.1, 0.15) is 18.8 Å². The van der Waals surface area contributed by atoms with Gasteiger partial charge >= 0.3 is 5.97 Å². The first-order valence-electron chi connectivity index (χ1n) is 7.57. The summed E-state index contributed by atoms with van der Waals surface area (Å²) in [5.74, 6) is -0.324. The van der Waals surface area contributed by atoms with Crippen LogP contribution in [0, 0.1) is 5.92 Å². The van der Waals surface area contributed by atoms with E-state index in [0.29, 0.717) is 0 Å². The van der Waals surface area contributed by atoms with Gasteiger partial charge in [0, 0.05) is 19.1 Å². The lowest BCUT2D eigenvalue weighted by Gasteiger charge is -2.25. The molecule has 0 bridgehead atoms. The fourth-order valence-electron chi connectivity index (χ4n) is 2.04. The van der Waals surface area contributed by atoms with Crippen molar-refractivity contribution < 1.29 is 18.5 Å². The number of hydrogen-bond donors (Lipinski definition) is 1. The van der Waals surface area contributed by atoms with Crippen LogP contribution in [0.5, 0.6) is 0 Å². The molecule has 0 aromatic rings. The highest BCUT2D eigenvalue weighted by Crippen LogP contribution is 2.19. The number of thiol groups is 1. The number of hydrogen-bond acceptors (Lipinski definition) is 5. The zero-order valence-electron chi connectivity index (χ0n) is 14.2. The monoisotopic (exact) mass is 340 g/mol. The van der Waals surface area contributed by atoms with Crippen molar-refractivity contribution in [1.29, 1.82) is 0 Å². The summed E-state index contributed by atoms with van der Waals surface area (Å²) in [5.41, 5.74) is 0.930. The lowest BCUT2D eigenvalue weighted by molar-refractivity contribution is -0.136. The van der Waals surface area contributed by atoms with Crippen molar-refractivity contribution in [3.8, 4) is 0 Å². The third kappa shape index (κ3) is 9.43. The van der Waals surface area contributed by atoms with Gasteiger partial charge in [-0.25, -0.2) is 4.79 Å². The molecule has 0 aromatic carbocycles. The summed E-state index contributed by atoms with van der Waals surface area (Å²) < 4.78 is 15.7. The first-order chi connectivity index (χ1) is 11.0. The van der Waals surface area contributed by atoms with E-state index in [2.05, 4.69) is 26.1 Å². The molecule has 0 spiro atoms. The van der Waals surface area contributed by atoms with E-state index in [4.69, 9.17) is 13.7 Å². The quantitative estimate of drug-likeness (QED) is 0.145. The Morgan fingerprint density at radius 1 is 1.30 bits per heavy atom. The van der Waals surface area contributed by atoms with Crippen molar-refractivity contribution in [2.45, 2.75) is 38.9 Å². The second-order valence-corrected chi connectivity index (χ2v) is 5.47. The first-order valence-corrected chi connectivity index (χ1v) is 7.93. The summed E-state index contributed by atoms with van der Waals surface area (Å²) in [5, 5.41) is 0. The molecule has 0 heterocycles. The van der Waals surface area contributed by atoms with Crippen LogP contribution in [0.3, 0.4) is 0 Å². The lowest BCUT2D eigenvalue weighted by atomic mass is 9.97. The Bertz CT molecular complexity index is 429. The molecule has 23 heavy (non-hydrogen) atoms. The normalized spacial score (nSPS) is 15.9. The van der Waals surface area contributed by atoms with Gasteiger partial charge < -0.3 is 13.7 Å². The van der Waals surface area contributed by atoms with Crippen molar-refractivity contribution >= 4 is 18.9 Å². The molecule has 0 amide bonds. The molecule has 0 aliphatic rings. The number of carbonyl (C=O) groups is 1. The van der Waals surface area contributed by atoms with Crippen LogP contribution in [-0.4, -0.2) is 31.9 Å². The summed E-state index contributed by atoms with van der Waals surface area (Å²) in [6, 6.07) is 0. The third-order valence-electron chi connectivity index (χ3n) is 3.25. The van der Waals surface area contributed by atoms with Gasteiger partial charge in [0.2, 0.25) is 0 Å². The summed E-state index contributed by atoms with van der Waals surface area (Å²) >= 11 is 3.91. The van der Waals surface area contributed by atoms with E-state index in [9.17, 15) is 4.79 Å². The van der Waals surface area contributed by atoms with Gasteiger partial charge in [-0.15, -0.1) is 13.2 Å². The minimum Gasteiger partial charge on any atom is -0.458 e. The molecule has 0 saturated heterocycles. The maximum absolute atomic E-state index is 11.6. The molecule has 0 aromatic heterocycles. The average molecular weight is 340 g/mol. The van der Waals surface area contributed by atoms with E-state index in [1.165, 1.54) is 6.08 Å². The Morgan fingerprint density at radius 2 is 2.00 bits per heavy atom. The van der Waals surface area contributed by atoms with Gasteiger partial charge in [0.25, 0.3) is 0 Å². The standard InChI is InChI=1S/C18H28O4S/c1-6-8-9-10-11-17(19)21-13-14(3)12-15(4)18(22-23)16(7-2)20-5/h6-7,10-12,15-16,18,23H,1-2,8-9,13H2,3-5H3/b11-10+,14-12-/t15?,16-,18-/m0/s1. The molecular formula is C18H28O4S. The van der Waals surface area contributed by atoms with Crippen molar-refractivity contribution in [3.05, 3.63) is 49.1 Å². The summed E-state index contributed by atoms with van der Waals surface area (Å²) in [7, 11) is 1.59. The lowest BCUT2D eigenvalue weighted by Crippen LogP contribution is -2.32. The highest BCUT2D eigenvalue weighted by Gasteiger charge is 2.24. The second-order valence-electron chi connectivity index (χ2n) is 5.25. The first kappa shape index (κ1) is 21.7. The SMILES string of the molecule is C=CCC/C=C/C(=O)OC/C(C)=C\C(C)[C@H](OS)[C@H](C=C)OC. The molecule has 0 saturated carbocycles. The molecule has 0 rings (SSSR count). The Morgan fingerprint density at radius 3 is 2.52 bits per heavy atom. The number of unbranched alkanes of at least 4 members (excludes halogenated alkanes) is 1. The largest absolute Gasteiger partial charge is 0.458 e. The highest BCUT2D eigenvalue weighted by molar-refractivity contribution is 7.75. The zero-order chi connectivity index (χ0) is 17.7. The van der Waals surface area contributed by atoms with Gasteiger partial charge in [-0.2, -0.15) is 0 Å². The number of methoxy groups -OCH3 is 1. The summed E-state index contributed by atoms with van der Waals surface area (Å²) in [4.78, 5) is 11.6. The summed E-state index contributed by atoms with van der Waals surface area (Å²) in [6.07, 6.45) is 9.77. The van der Waals surface area contributed by atoms with Crippen LogP contribution in [0.25, 0.3) is 0 Å². The van der Waals surface area contributed by atoms with Crippen molar-refractivity contribution in [3.63, 3.8) is 0 Å². The Labute approximate surface area is 145 Å². The van der Waals surface area contributed by atoms with Crippen LogP contribution in [0.2, 0.25) is 0 Å². The van der Waals surface area contributed by atoms with Crippen LogP contribution >= 0.6 is 12.9 Å².